The number of esters is 1. The summed E-state index contributed by atoms with van der Waals surface area (Å²) in [5.74, 6) is -0.903. The number of halogens is 1. The van der Waals surface area contributed by atoms with Crippen molar-refractivity contribution in [1.82, 2.24) is 10.3 Å². The maximum Gasteiger partial charge on any atom is 0.408 e. The summed E-state index contributed by atoms with van der Waals surface area (Å²) in [7, 11) is 0. The highest BCUT2D eigenvalue weighted by atomic mass is 18.2. The molecule has 136 valence electrons. The van der Waals surface area contributed by atoms with Gasteiger partial charge in [-0.25, -0.2) is 14.0 Å². The van der Waals surface area contributed by atoms with Crippen LogP contribution < -0.4 is 5.32 Å². The van der Waals surface area contributed by atoms with E-state index in [1.165, 1.54) is 12.1 Å². The Bertz CT molecular complexity index is 764. The summed E-state index contributed by atoms with van der Waals surface area (Å²) in [4.78, 5) is 27.2. The Morgan fingerprint density at radius 1 is 1.32 bits per heavy atom. The number of alkyl carbamates (subject to hydrolysis) is 1. The van der Waals surface area contributed by atoms with Gasteiger partial charge < -0.3 is 19.8 Å². The molecule has 25 heavy (non-hydrogen) atoms. The molecule has 7 heteroatoms. The maximum absolute atomic E-state index is 13.3. The van der Waals surface area contributed by atoms with E-state index in [1.54, 1.807) is 40.0 Å². The van der Waals surface area contributed by atoms with Crippen molar-refractivity contribution in [3.63, 3.8) is 0 Å². The summed E-state index contributed by atoms with van der Waals surface area (Å²) in [6.45, 7) is 7.10. The quantitative estimate of drug-likeness (QED) is 0.812. The molecule has 2 rings (SSSR count). The number of carbonyl (C=O) groups excluding carboxylic acids is 2. The third kappa shape index (κ3) is 5.20. The average Bonchev–Trinajstić information content (AvgIpc) is 2.87. The van der Waals surface area contributed by atoms with Gasteiger partial charge in [-0.3, -0.25) is 0 Å². The van der Waals surface area contributed by atoms with Crippen molar-refractivity contribution in [1.29, 1.82) is 0 Å². The molecule has 6 nitrogen and oxygen atoms in total. The lowest BCUT2D eigenvalue weighted by molar-refractivity contribution is -0.145. The second kappa shape index (κ2) is 7.55. The van der Waals surface area contributed by atoms with Gasteiger partial charge in [0.2, 0.25) is 0 Å². The first-order chi connectivity index (χ1) is 11.7. The number of nitrogens with one attached hydrogen (secondary N) is 2. The van der Waals surface area contributed by atoms with Crippen LogP contribution >= 0.6 is 0 Å². The second-order valence-corrected chi connectivity index (χ2v) is 6.66. The molecular weight excluding hydrogens is 326 g/mol. The number of aromatic nitrogens is 1. The van der Waals surface area contributed by atoms with Gasteiger partial charge in [0.05, 0.1) is 6.61 Å². The smallest absolute Gasteiger partial charge is 0.408 e. The highest BCUT2D eigenvalue weighted by Gasteiger charge is 2.26. The number of fused-ring (bicyclic) bond motifs is 1. The maximum atomic E-state index is 13.3. The van der Waals surface area contributed by atoms with Crippen molar-refractivity contribution < 1.29 is 23.5 Å². The summed E-state index contributed by atoms with van der Waals surface area (Å²) in [6, 6.07) is 3.45. The lowest BCUT2D eigenvalue weighted by atomic mass is 10.0. The highest BCUT2D eigenvalue weighted by molar-refractivity contribution is 5.86. The van der Waals surface area contributed by atoms with E-state index in [9.17, 15) is 14.0 Å². The van der Waals surface area contributed by atoms with Crippen molar-refractivity contribution in [2.45, 2.75) is 45.8 Å². The Kier molecular flexibility index (Phi) is 5.66. The minimum atomic E-state index is -0.904. The Morgan fingerprint density at radius 3 is 2.68 bits per heavy atom. The molecule has 0 saturated heterocycles. The van der Waals surface area contributed by atoms with Crippen LogP contribution in [0.25, 0.3) is 10.9 Å². The van der Waals surface area contributed by atoms with Gasteiger partial charge in [0.1, 0.15) is 17.5 Å². The minimum Gasteiger partial charge on any atom is -0.464 e. The zero-order chi connectivity index (χ0) is 18.6. The molecule has 0 spiro atoms. The standard InChI is InChI=1S/C18H23FN2O4/c1-5-24-16(22)15(21-17(23)25-18(2,3)4)8-11-10-20-14-9-12(19)6-7-13(11)14/h6-7,9-10,15,20H,5,8H2,1-4H3,(H,21,23)/i19-1. The summed E-state index contributed by atoms with van der Waals surface area (Å²) in [5.41, 5.74) is 0.709. The third-order valence-electron chi connectivity index (χ3n) is 3.42. The van der Waals surface area contributed by atoms with E-state index in [0.717, 1.165) is 10.9 Å². The van der Waals surface area contributed by atoms with Crippen molar-refractivity contribution in [3.8, 4) is 0 Å². The van der Waals surface area contributed by atoms with Crippen LogP contribution in [0.15, 0.2) is 24.4 Å². The number of ether oxygens (including phenoxy) is 2. The molecule has 0 aliphatic carbocycles. The normalized spacial score (nSPS) is 12.7. The van der Waals surface area contributed by atoms with Gasteiger partial charge in [0, 0.05) is 23.5 Å². The summed E-state index contributed by atoms with van der Waals surface area (Å²) < 4.78 is 23.5. The molecule has 1 atom stereocenters. The number of rotatable bonds is 5. The number of benzene rings is 1. The number of aromatic amines is 1. The average molecular weight is 349 g/mol. The van der Waals surface area contributed by atoms with Crippen LogP contribution in [0.1, 0.15) is 33.3 Å². The van der Waals surface area contributed by atoms with E-state index >= 15 is 0 Å². The van der Waals surface area contributed by atoms with Crippen LogP contribution in [0.3, 0.4) is 0 Å². The van der Waals surface area contributed by atoms with Gasteiger partial charge >= 0.3 is 12.1 Å². The number of hydrogen-bond acceptors (Lipinski definition) is 4. The largest absolute Gasteiger partial charge is 0.464 e. The van der Waals surface area contributed by atoms with Gasteiger partial charge in [0.25, 0.3) is 0 Å². The molecule has 0 aliphatic rings. The van der Waals surface area contributed by atoms with E-state index in [-0.39, 0.29) is 18.8 Å². The minimum absolute atomic E-state index is 0.198. The molecule has 2 aromatic rings. The van der Waals surface area contributed by atoms with E-state index in [4.69, 9.17) is 9.47 Å². The highest BCUT2D eigenvalue weighted by Crippen LogP contribution is 2.21. The fourth-order valence-electron chi connectivity index (χ4n) is 2.43. The van der Waals surface area contributed by atoms with Crippen LogP contribution in [-0.2, 0) is 20.7 Å². The van der Waals surface area contributed by atoms with Crippen LogP contribution in [-0.4, -0.2) is 35.3 Å². The predicted molar refractivity (Wildman–Crippen MR) is 91.8 cm³/mol. The monoisotopic (exact) mass is 349 g/mol. The van der Waals surface area contributed by atoms with E-state index in [0.29, 0.717) is 5.52 Å². The Hall–Kier alpha value is -2.57. The van der Waals surface area contributed by atoms with Gasteiger partial charge in [-0.15, -0.1) is 0 Å². The van der Waals surface area contributed by atoms with Crippen molar-refractivity contribution >= 4 is 23.0 Å². The zero-order valence-corrected chi connectivity index (χ0v) is 14.8. The zero-order valence-electron chi connectivity index (χ0n) is 14.8. The number of carbonyl (C=O) groups is 2. The van der Waals surface area contributed by atoms with Gasteiger partial charge in [0.15, 0.2) is 0 Å². The van der Waals surface area contributed by atoms with Crippen molar-refractivity contribution in [2.75, 3.05) is 6.61 Å². The van der Waals surface area contributed by atoms with E-state index in [1.807, 2.05) is 0 Å². The van der Waals surface area contributed by atoms with Crippen LogP contribution in [0.4, 0.5) is 9.18 Å². The van der Waals surface area contributed by atoms with Crippen LogP contribution in [0, 0.1) is 5.82 Å². The molecule has 1 heterocycles. The lowest BCUT2D eigenvalue weighted by Gasteiger charge is -2.22. The first-order valence-corrected chi connectivity index (χ1v) is 8.11. The molecule has 0 aliphatic heterocycles. The summed E-state index contributed by atoms with van der Waals surface area (Å²) in [5, 5.41) is 3.33. The molecule has 1 amide bonds. The third-order valence-corrected chi connectivity index (χ3v) is 3.42. The molecule has 1 aromatic heterocycles. The molecule has 1 unspecified atom stereocenters. The van der Waals surface area contributed by atoms with E-state index in [2.05, 4.69) is 10.3 Å². The molecule has 0 radical (unpaired) electrons. The summed E-state index contributed by atoms with van der Waals surface area (Å²) in [6.07, 6.45) is 1.19. The van der Waals surface area contributed by atoms with Crippen molar-refractivity contribution in [3.05, 3.63) is 35.8 Å². The molecular formula is C18H23FN2O4. The van der Waals surface area contributed by atoms with E-state index < -0.39 is 23.7 Å². The number of H-pyrrole nitrogens is 1. The Balaban J connectivity index is 2.20. The molecule has 0 saturated carbocycles. The Labute approximate surface area is 145 Å². The Morgan fingerprint density at radius 2 is 2.04 bits per heavy atom. The molecule has 2 N–H and O–H groups in total. The fraction of sp³-hybridized carbons (Fsp3) is 0.444. The van der Waals surface area contributed by atoms with Gasteiger partial charge in [-0.2, -0.15) is 0 Å². The summed E-state index contributed by atoms with van der Waals surface area (Å²) >= 11 is 0. The fourth-order valence-corrected chi connectivity index (χ4v) is 2.43. The second-order valence-electron chi connectivity index (χ2n) is 6.66. The molecule has 0 fully saturated rings. The predicted octanol–water partition coefficient (Wildman–Crippen LogP) is 3.31. The van der Waals surface area contributed by atoms with Gasteiger partial charge in [-0.1, -0.05) is 0 Å². The molecule has 0 bridgehead atoms. The number of amides is 1. The van der Waals surface area contributed by atoms with Crippen LogP contribution in [0.5, 0.6) is 0 Å². The SMILES string of the molecule is CCOC(=O)C(Cc1c[nH]c2cc([18F])ccc12)NC(=O)OC(C)(C)C. The van der Waals surface area contributed by atoms with Gasteiger partial charge in [-0.05, 0) is 51.5 Å². The first kappa shape index (κ1) is 18.8. The number of hydrogen-bond donors (Lipinski definition) is 2. The van der Waals surface area contributed by atoms with Crippen molar-refractivity contribution in [2.24, 2.45) is 0 Å². The first-order valence-electron chi connectivity index (χ1n) is 8.11. The topological polar surface area (TPSA) is 80.4 Å². The molecule has 1 aromatic carbocycles. The van der Waals surface area contributed by atoms with Crippen LogP contribution in [0.2, 0.25) is 0 Å². The lowest BCUT2D eigenvalue weighted by Crippen LogP contribution is -2.45.